The van der Waals surface area contributed by atoms with E-state index < -0.39 is 0 Å². The van der Waals surface area contributed by atoms with Crippen LogP contribution in [0.5, 0.6) is 0 Å². The van der Waals surface area contributed by atoms with Gasteiger partial charge in [0.05, 0.1) is 25.1 Å². The predicted molar refractivity (Wildman–Crippen MR) is 94.8 cm³/mol. The summed E-state index contributed by atoms with van der Waals surface area (Å²) in [6, 6.07) is 9.71. The van der Waals surface area contributed by atoms with Crippen LogP contribution in [0.3, 0.4) is 0 Å². The maximum Gasteiger partial charge on any atom is 0.322 e. The quantitative estimate of drug-likeness (QED) is 0.908. The van der Waals surface area contributed by atoms with Gasteiger partial charge in [-0.1, -0.05) is 12.1 Å². The molecule has 0 unspecified atom stereocenters. The molecule has 1 fully saturated rings. The van der Waals surface area contributed by atoms with Gasteiger partial charge in [0.15, 0.2) is 0 Å². The molecule has 1 aromatic heterocycles. The van der Waals surface area contributed by atoms with Gasteiger partial charge in [0.2, 0.25) is 0 Å². The minimum atomic E-state index is -0.115. The Balaban J connectivity index is 1.62. The van der Waals surface area contributed by atoms with Crippen LogP contribution >= 0.6 is 0 Å². The Morgan fingerprint density at radius 1 is 1.17 bits per heavy atom. The summed E-state index contributed by atoms with van der Waals surface area (Å²) < 4.78 is 5.25. The normalized spacial score (nSPS) is 14.3. The molecule has 2 amide bonds. The Kier molecular flexibility index (Phi) is 4.96. The fourth-order valence-corrected chi connectivity index (χ4v) is 2.54. The summed E-state index contributed by atoms with van der Waals surface area (Å²) in [5.74, 6) is 0.744. The molecule has 126 valence electrons. The number of carbonyl (C=O) groups excluding carboxylic acids is 1. The monoisotopic (exact) mass is 326 g/mol. The molecule has 0 aliphatic carbocycles. The van der Waals surface area contributed by atoms with Gasteiger partial charge in [-0.05, 0) is 43.2 Å². The number of benzene rings is 1. The summed E-state index contributed by atoms with van der Waals surface area (Å²) in [5.41, 5.74) is 4.14. The zero-order valence-corrected chi connectivity index (χ0v) is 14.0. The highest BCUT2D eigenvalue weighted by atomic mass is 16.5. The number of urea groups is 1. The molecule has 6 heteroatoms. The summed E-state index contributed by atoms with van der Waals surface area (Å²) in [6.07, 6.45) is 1.66. The van der Waals surface area contributed by atoms with E-state index in [1.807, 2.05) is 24.3 Å². The first-order valence-corrected chi connectivity index (χ1v) is 8.06. The molecule has 1 aliphatic rings. The van der Waals surface area contributed by atoms with Crippen molar-refractivity contribution in [2.24, 2.45) is 0 Å². The number of nitrogens with one attached hydrogen (secondary N) is 2. The standard InChI is InChI=1S/C18H22N4O2/c1-13-4-3-5-16(14(13)2)21-17-7-6-15(12-19-17)20-18(23)22-8-10-24-11-9-22/h3-7,12H,8-11H2,1-2H3,(H,19,21)(H,20,23). The average Bonchev–Trinajstić information content (AvgIpc) is 2.61. The molecule has 0 atom stereocenters. The fraction of sp³-hybridized carbons (Fsp3) is 0.333. The third kappa shape index (κ3) is 3.83. The van der Waals surface area contributed by atoms with Gasteiger partial charge in [-0.2, -0.15) is 0 Å². The number of nitrogens with zero attached hydrogens (tertiary/aromatic N) is 2. The van der Waals surface area contributed by atoms with Crippen molar-refractivity contribution in [2.75, 3.05) is 36.9 Å². The van der Waals surface area contributed by atoms with Gasteiger partial charge in [-0.3, -0.25) is 0 Å². The van der Waals surface area contributed by atoms with Gasteiger partial charge >= 0.3 is 6.03 Å². The van der Waals surface area contributed by atoms with E-state index in [0.717, 1.165) is 11.5 Å². The minimum absolute atomic E-state index is 0.115. The van der Waals surface area contributed by atoms with E-state index in [-0.39, 0.29) is 6.03 Å². The lowest BCUT2D eigenvalue weighted by atomic mass is 10.1. The number of rotatable bonds is 3. The van der Waals surface area contributed by atoms with Gasteiger partial charge in [0.25, 0.3) is 0 Å². The number of anilines is 3. The number of aryl methyl sites for hydroxylation is 1. The van der Waals surface area contributed by atoms with Crippen LogP contribution in [0.4, 0.5) is 22.0 Å². The van der Waals surface area contributed by atoms with Crippen LogP contribution in [0.1, 0.15) is 11.1 Å². The Morgan fingerprint density at radius 3 is 2.67 bits per heavy atom. The van der Waals surface area contributed by atoms with Gasteiger partial charge in [-0.25, -0.2) is 9.78 Å². The van der Waals surface area contributed by atoms with Gasteiger partial charge in [-0.15, -0.1) is 0 Å². The second-order valence-electron chi connectivity index (χ2n) is 5.83. The largest absolute Gasteiger partial charge is 0.378 e. The Labute approximate surface area is 141 Å². The second kappa shape index (κ2) is 7.31. The number of carbonyl (C=O) groups is 1. The van der Waals surface area contributed by atoms with Crippen LogP contribution < -0.4 is 10.6 Å². The SMILES string of the molecule is Cc1cccc(Nc2ccc(NC(=O)N3CCOCC3)cn2)c1C. The molecule has 3 rings (SSSR count). The Bertz CT molecular complexity index is 709. The van der Waals surface area contributed by atoms with Crippen molar-refractivity contribution < 1.29 is 9.53 Å². The van der Waals surface area contributed by atoms with Crippen molar-refractivity contribution in [1.29, 1.82) is 0 Å². The van der Waals surface area contributed by atoms with Crippen molar-refractivity contribution in [3.63, 3.8) is 0 Å². The number of morpholine rings is 1. The van der Waals surface area contributed by atoms with Gasteiger partial charge in [0.1, 0.15) is 5.82 Å². The van der Waals surface area contributed by atoms with Crippen LogP contribution in [0.25, 0.3) is 0 Å². The molecule has 1 saturated heterocycles. The number of amides is 2. The van der Waals surface area contributed by atoms with Crippen molar-refractivity contribution in [1.82, 2.24) is 9.88 Å². The van der Waals surface area contributed by atoms with E-state index in [2.05, 4.69) is 35.5 Å². The van der Waals surface area contributed by atoms with Crippen LogP contribution in [-0.4, -0.2) is 42.2 Å². The molecule has 0 saturated carbocycles. The van der Waals surface area contributed by atoms with Crippen LogP contribution in [0.15, 0.2) is 36.5 Å². The summed E-state index contributed by atoms with van der Waals surface area (Å²) >= 11 is 0. The van der Waals surface area contributed by atoms with E-state index in [9.17, 15) is 4.79 Å². The lowest BCUT2D eigenvalue weighted by Gasteiger charge is -2.26. The molecule has 2 heterocycles. The summed E-state index contributed by atoms with van der Waals surface area (Å²) in [5, 5.41) is 6.17. The lowest BCUT2D eigenvalue weighted by Crippen LogP contribution is -2.43. The van der Waals surface area contributed by atoms with Crippen molar-refractivity contribution in [2.45, 2.75) is 13.8 Å². The molecule has 0 spiro atoms. The van der Waals surface area contributed by atoms with E-state index in [1.165, 1.54) is 11.1 Å². The number of hydrogen-bond acceptors (Lipinski definition) is 4. The number of ether oxygens (including phenoxy) is 1. The first kappa shape index (κ1) is 16.3. The molecule has 0 bridgehead atoms. The van der Waals surface area contributed by atoms with E-state index in [4.69, 9.17) is 4.74 Å². The topological polar surface area (TPSA) is 66.5 Å². The highest BCUT2D eigenvalue weighted by Crippen LogP contribution is 2.22. The molecule has 6 nitrogen and oxygen atoms in total. The van der Waals surface area contributed by atoms with Crippen LogP contribution in [-0.2, 0) is 4.74 Å². The third-order valence-corrected chi connectivity index (χ3v) is 4.18. The van der Waals surface area contributed by atoms with Gasteiger partial charge in [0, 0.05) is 18.8 Å². The first-order chi connectivity index (χ1) is 11.6. The maximum absolute atomic E-state index is 12.1. The highest BCUT2D eigenvalue weighted by molar-refractivity contribution is 5.89. The van der Waals surface area contributed by atoms with E-state index >= 15 is 0 Å². The molecule has 1 aromatic carbocycles. The second-order valence-corrected chi connectivity index (χ2v) is 5.83. The number of hydrogen-bond donors (Lipinski definition) is 2. The minimum Gasteiger partial charge on any atom is -0.378 e. The molecule has 24 heavy (non-hydrogen) atoms. The molecular formula is C18H22N4O2. The van der Waals surface area contributed by atoms with Crippen LogP contribution in [0.2, 0.25) is 0 Å². The average molecular weight is 326 g/mol. The van der Waals surface area contributed by atoms with Crippen LogP contribution in [0, 0.1) is 13.8 Å². The smallest absolute Gasteiger partial charge is 0.322 e. The number of aromatic nitrogens is 1. The fourth-order valence-electron chi connectivity index (χ4n) is 2.54. The summed E-state index contributed by atoms with van der Waals surface area (Å²) in [6.45, 7) is 6.57. The maximum atomic E-state index is 12.1. The Hall–Kier alpha value is -2.60. The zero-order chi connectivity index (χ0) is 16.9. The molecule has 1 aliphatic heterocycles. The van der Waals surface area contributed by atoms with E-state index in [1.54, 1.807) is 11.1 Å². The Morgan fingerprint density at radius 2 is 1.96 bits per heavy atom. The molecule has 2 aromatic rings. The molecule has 2 N–H and O–H groups in total. The highest BCUT2D eigenvalue weighted by Gasteiger charge is 2.16. The molecule has 0 radical (unpaired) electrons. The molecular weight excluding hydrogens is 304 g/mol. The lowest BCUT2D eigenvalue weighted by molar-refractivity contribution is 0.0564. The van der Waals surface area contributed by atoms with E-state index in [0.29, 0.717) is 32.0 Å². The summed E-state index contributed by atoms with van der Waals surface area (Å²) in [4.78, 5) is 18.3. The zero-order valence-electron chi connectivity index (χ0n) is 14.0. The number of pyridine rings is 1. The first-order valence-electron chi connectivity index (χ1n) is 8.06. The van der Waals surface area contributed by atoms with Crippen molar-refractivity contribution in [3.05, 3.63) is 47.7 Å². The van der Waals surface area contributed by atoms with Crippen molar-refractivity contribution >= 4 is 23.2 Å². The van der Waals surface area contributed by atoms with Gasteiger partial charge < -0.3 is 20.3 Å². The van der Waals surface area contributed by atoms with Crippen molar-refractivity contribution in [3.8, 4) is 0 Å². The third-order valence-electron chi connectivity index (χ3n) is 4.18. The predicted octanol–water partition coefficient (Wildman–Crippen LogP) is 3.31. The summed E-state index contributed by atoms with van der Waals surface area (Å²) in [7, 11) is 0.